The molecule has 32 heavy (non-hydrogen) atoms. The number of anilines is 1. The van der Waals surface area contributed by atoms with Crippen LogP contribution in [0.2, 0.25) is 0 Å². The number of carbonyl (C=O) groups is 2. The minimum Gasteiger partial charge on any atom is -0.494 e. The van der Waals surface area contributed by atoms with Crippen molar-refractivity contribution in [2.75, 3.05) is 11.9 Å². The molecule has 3 rings (SSSR count). The van der Waals surface area contributed by atoms with Gasteiger partial charge in [0.2, 0.25) is 0 Å². The number of furan rings is 1. The van der Waals surface area contributed by atoms with Gasteiger partial charge in [-0.2, -0.15) is 18.3 Å². The highest BCUT2D eigenvalue weighted by atomic mass is 19.4. The lowest BCUT2D eigenvalue weighted by atomic mass is 10.1. The summed E-state index contributed by atoms with van der Waals surface area (Å²) in [6.07, 6.45) is -3.34. The predicted molar refractivity (Wildman–Crippen MR) is 111 cm³/mol. The van der Waals surface area contributed by atoms with E-state index in [1.165, 1.54) is 24.3 Å². The second-order valence-electron chi connectivity index (χ2n) is 6.39. The zero-order valence-corrected chi connectivity index (χ0v) is 16.8. The number of carbonyl (C=O) groups excluding carboxylic acids is 2. The fourth-order valence-corrected chi connectivity index (χ4v) is 2.62. The number of halogens is 3. The first-order valence-corrected chi connectivity index (χ1v) is 9.41. The molecule has 2 amide bonds. The molecule has 0 aliphatic heterocycles. The minimum atomic E-state index is -4.47. The number of rotatable bonds is 6. The Morgan fingerprint density at radius 2 is 1.81 bits per heavy atom. The van der Waals surface area contributed by atoms with E-state index in [-0.39, 0.29) is 17.1 Å². The molecule has 0 bridgehead atoms. The standard InChI is InChI=1S/C22H18F3N3O4/c1-2-31-17-8-6-16(7-9-17)27-20(29)21(30)28-26-13-18-10-11-19(32-18)14-4-3-5-15(12-14)22(23,24)25/h3-13H,2H2,1H3,(H,27,29)(H,28,30)/b26-13-. The quantitative estimate of drug-likeness (QED) is 0.333. The van der Waals surface area contributed by atoms with Gasteiger partial charge in [-0.3, -0.25) is 9.59 Å². The number of amides is 2. The summed E-state index contributed by atoms with van der Waals surface area (Å²) in [5, 5.41) is 6.03. The van der Waals surface area contributed by atoms with Gasteiger partial charge in [-0.1, -0.05) is 12.1 Å². The fourth-order valence-electron chi connectivity index (χ4n) is 2.62. The number of alkyl halides is 3. The summed E-state index contributed by atoms with van der Waals surface area (Å²) >= 11 is 0. The highest BCUT2D eigenvalue weighted by Gasteiger charge is 2.30. The highest BCUT2D eigenvalue weighted by molar-refractivity contribution is 6.39. The molecule has 1 heterocycles. The van der Waals surface area contributed by atoms with Gasteiger partial charge in [0.1, 0.15) is 17.3 Å². The molecular formula is C22H18F3N3O4. The number of hydrogen-bond donors (Lipinski definition) is 2. The topological polar surface area (TPSA) is 92.9 Å². The van der Waals surface area contributed by atoms with Crippen LogP contribution in [0, 0.1) is 0 Å². The summed E-state index contributed by atoms with van der Waals surface area (Å²) < 4.78 is 49.3. The maximum atomic E-state index is 12.9. The molecule has 0 atom stereocenters. The molecule has 2 N–H and O–H groups in total. The van der Waals surface area contributed by atoms with E-state index >= 15 is 0 Å². The van der Waals surface area contributed by atoms with Crippen LogP contribution in [0.4, 0.5) is 18.9 Å². The molecule has 1 aromatic heterocycles. The van der Waals surface area contributed by atoms with Crippen molar-refractivity contribution < 1.29 is 31.9 Å². The van der Waals surface area contributed by atoms with E-state index in [1.54, 1.807) is 24.3 Å². The first kappa shape index (κ1) is 22.6. The monoisotopic (exact) mass is 445 g/mol. The summed E-state index contributed by atoms with van der Waals surface area (Å²) in [5.41, 5.74) is 1.88. The first-order valence-electron chi connectivity index (χ1n) is 9.41. The van der Waals surface area contributed by atoms with E-state index in [0.717, 1.165) is 18.3 Å². The second kappa shape index (κ2) is 9.82. The molecule has 3 aromatic rings. The Kier molecular flexibility index (Phi) is 6.93. The van der Waals surface area contributed by atoms with Crippen LogP contribution in [0.25, 0.3) is 11.3 Å². The van der Waals surface area contributed by atoms with E-state index < -0.39 is 23.6 Å². The number of nitrogens with zero attached hydrogens (tertiary/aromatic N) is 1. The Balaban J connectivity index is 1.56. The predicted octanol–water partition coefficient (Wildman–Crippen LogP) is 4.45. The van der Waals surface area contributed by atoms with Gasteiger partial charge in [-0.15, -0.1) is 0 Å². The average Bonchev–Trinajstić information content (AvgIpc) is 3.24. The van der Waals surface area contributed by atoms with Crippen LogP contribution in [0.3, 0.4) is 0 Å². The maximum Gasteiger partial charge on any atom is 0.416 e. The zero-order valence-electron chi connectivity index (χ0n) is 16.8. The smallest absolute Gasteiger partial charge is 0.416 e. The summed E-state index contributed by atoms with van der Waals surface area (Å²) in [4.78, 5) is 23.8. The lowest BCUT2D eigenvalue weighted by Crippen LogP contribution is -2.32. The lowest BCUT2D eigenvalue weighted by molar-refractivity contribution is -0.137. The van der Waals surface area contributed by atoms with E-state index in [4.69, 9.17) is 9.15 Å². The lowest BCUT2D eigenvalue weighted by Gasteiger charge is -2.07. The van der Waals surface area contributed by atoms with Gasteiger partial charge < -0.3 is 14.5 Å². The third-order valence-electron chi connectivity index (χ3n) is 4.09. The van der Waals surface area contributed by atoms with Crippen molar-refractivity contribution in [3.05, 3.63) is 72.0 Å². The van der Waals surface area contributed by atoms with Gasteiger partial charge in [-0.05, 0) is 55.5 Å². The molecule has 10 heteroatoms. The van der Waals surface area contributed by atoms with Crippen molar-refractivity contribution in [3.63, 3.8) is 0 Å². The number of benzene rings is 2. The molecule has 0 aliphatic carbocycles. The van der Waals surface area contributed by atoms with Crippen molar-refractivity contribution in [2.45, 2.75) is 13.1 Å². The summed E-state index contributed by atoms with van der Waals surface area (Å²) in [6, 6.07) is 14.1. The fraction of sp³-hybridized carbons (Fsp3) is 0.136. The first-order chi connectivity index (χ1) is 15.3. The number of hydrogen-bond acceptors (Lipinski definition) is 5. The van der Waals surface area contributed by atoms with Gasteiger partial charge in [-0.25, -0.2) is 5.43 Å². The molecular weight excluding hydrogens is 427 g/mol. The van der Waals surface area contributed by atoms with Crippen LogP contribution in [0.1, 0.15) is 18.2 Å². The minimum absolute atomic E-state index is 0.171. The molecule has 166 valence electrons. The Morgan fingerprint density at radius 3 is 2.50 bits per heavy atom. The Labute approximate surface area is 180 Å². The van der Waals surface area contributed by atoms with Gasteiger partial charge in [0.15, 0.2) is 0 Å². The number of hydrazone groups is 1. The Morgan fingerprint density at radius 1 is 1.06 bits per heavy atom. The van der Waals surface area contributed by atoms with Crippen LogP contribution >= 0.6 is 0 Å². The van der Waals surface area contributed by atoms with Crippen molar-refractivity contribution >= 4 is 23.7 Å². The summed E-state index contributed by atoms with van der Waals surface area (Å²) in [5.74, 6) is -0.959. The molecule has 0 spiro atoms. The number of ether oxygens (including phenoxy) is 1. The van der Waals surface area contributed by atoms with E-state index in [2.05, 4.69) is 10.4 Å². The highest BCUT2D eigenvalue weighted by Crippen LogP contribution is 2.32. The largest absolute Gasteiger partial charge is 0.494 e. The van der Waals surface area contributed by atoms with Crippen LogP contribution in [0.5, 0.6) is 5.75 Å². The van der Waals surface area contributed by atoms with E-state index in [0.29, 0.717) is 18.0 Å². The van der Waals surface area contributed by atoms with Crippen molar-refractivity contribution in [2.24, 2.45) is 5.10 Å². The van der Waals surface area contributed by atoms with Crippen LogP contribution in [0.15, 0.2) is 70.2 Å². The normalized spacial score (nSPS) is 11.4. The van der Waals surface area contributed by atoms with Crippen molar-refractivity contribution in [3.8, 4) is 17.1 Å². The van der Waals surface area contributed by atoms with E-state index in [9.17, 15) is 22.8 Å². The maximum absolute atomic E-state index is 12.9. The molecule has 0 saturated heterocycles. The summed E-state index contributed by atoms with van der Waals surface area (Å²) in [7, 11) is 0. The summed E-state index contributed by atoms with van der Waals surface area (Å²) in [6.45, 7) is 2.35. The SMILES string of the molecule is CCOc1ccc(NC(=O)C(=O)N/N=C\c2ccc(-c3cccc(C(F)(F)F)c3)o2)cc1. The zero-order chi connectivity index (χ0) is 23.1. The average molecular weight is 445 g/mol. The van der Waals surface area contributed by atoms with Crippen LogP contribution in [-0.4, -0.2) is 24.6 Å². The van der Waals surface area contributed by atoms with Gasteiger partial charge in [0.05, 0.1) is 18.4 Å². The third-order valence-corrected chi connectivity index (χ3v) is 4.09. The molecule has 7 nitrogen and oxygen atoms in total. The molecule has 2 aromatic carbocycles. The molecule has 0 saturated carbocycles. The van der Waals surface area contributed by atoms with Crippen molar-refractivity contribution in [1.82, 2.24) is 5.43 Å². The number of nitrogens with one attached hydrogen (secondary N) is 2. The van der Waals surface area contributed by atoms with E-state index in [1.807, 2.05) is 12.3 Å². The molecule has 0 aliphatic rings. The molecule has 0 radical (unpaired) electrons. The molecule has 0 fully saturated rings. The second-order valence-corrected chi connectivity index (χ2v) is 6.39. The van der Waals surface area contributed by atoms with Gasteiger partial charge >= 0.3 is 18.0 Å². The Bertz CT molecular complexity index is 1120. The third kappa shape index (κ3) is 5.97. The van der Waals surface area contributed by atoms with Crippen molar-refractivity contribution in [1.29, 1.82) is 0 Å². The van der Waals surface area contributed by atoms with Gasteiger partial charge in [0.25, 0.3) is 0 Å². The van der Waals surface area contributed by atoms with Crippen LogP contribution < -0.4 is 15.5 Å². The Hall–Kier alpha value is -4.08. The molecule has 0 unspecified atom stereocenters. The van der Waals surface area contributed by atoms with Gasteiger partial charge in [0, 0.05) is 11.3 Å². The van der Waals surface area contributed by atoms with Crippen LogP contribution in [-0.2, 0) is 15.8 Å².